The van der Waals surface area contributed by atoms with Crippen LogP contribution in [0.25, 0.3) is 27.7 Å². The molecular formula is C26H21N3. The third kappa shape index (κ3) is 3.11. The van der Waals surface area contributed by atoms with Crippen molar-refractivity contribution in [2.24, 2.45) is 4.99 Å². The molecule has 0 amide bonds. The van der Waals surface area contributed by atoms with Crippen LogP contribution in [-0.4, -0.2) is 15.6 Å². The second kappa shape index (κ2) is 7.02. The van der Waals surface area contributed by atoms with Crippen molar-refractivity contribution in [1.29, 1.82) is 0 Å². The van der Waals surface area contributed by atoms with E-state index in [1.165, 1.54) is 16.5 Å². The third-order valence-corrected chi connectivity index (χ3v) is 5.30. The molecule has 0 N–H and O–H groups in total. The van der Waals surface area contributed by atoms with Crippen LogP contribution in [0.15, 0.2) is 90.1 Å². The molecule has 5 aromatic rings. The highest BCUT2D eigenvalue weighted by molar-refractivity contribution is 5.97. The minimum absolute atomic E-state index is 0.848. The third-order valence-electron chi connectivity index (χ3n) is 5.30. The van der Waals surface area contributed by atoms with Crippen LogP contribution in [0.1, 0.15) is 16.7 Å². The number of fused-ring (bicyclic) bond motifs is 3. The monoisotopic (exact) mass is 375 g/mol. The van der Waals surface area contributed by atoms with E-state index in [0.717, 1.165) is 33.7 Å². The fourth-order valence-electron chi connectivity index (χ4n) is 3.69. The summed E-state index contributed by atoms with van der Waals surface area (Å²) in [4.78, 5) is 9.94. The van der Waals surface area contributed by atoms with E-state index in [1.807, 2.05) is 6.21 Å². The first kappa shape index (κ1) is 17.4. The lowest BCUT2D eigenvalue weighted by Gasteiger charge is -2.04. The van der Waals surface area contributed by atoms with E-state index >= 15 is 0 Å². The number of rotatable bonds is 3. The highest BCUT2D eigenvalue weighted by Gasteiger charge is 2.16. The standard InChI is InChI=1S/C26H21N3/c1-18-11-13-20(14-12-18)17-27-26-24(22-9-5-3-7-19(22)2)28-25-23-10-6-4-8-21(23)15-16-29(25)26/h3-17H,1-2H3/b27-17+. The van der Waals surface area contributed by atoms with Gasteiger partial charge in [-0.3, -0.25) is 4.40 Å². The number of aliphatic imine (C=N–C) groups is 1. The molecule has 140 valence electrons. The van der Waals surface area contributed by atoms with Gasteiger partial charge in [0.1, 0.15) is 11.3 Å². The normalized spacial score (nSPS) is 11.7. The SMILES string of the molecule is Cc1ccc(/C=N/c2c(-c3ccccc3C)nc3c4ccccc4ccn23)cc1. The molecule has 0 atom stereocenters. The molecule has 29 heavy (non-hydrogen) atoms. The maximum absolute atomic E-state index is 5.05. The first-order valence-corrected chi connectivity index (χ1v) is 9.77. The quantitative estimate of drug-likeness (QED) is 0.330. The van der Waals surface area contributed by atoms with E-state index in [9.17, 15) is 0 Å². The minimum atomic E-state index is 0.848. The molecule has 0 aliphatic heterocycles. The van der Waals surface area contributed by atoms with Crippen LogP contribution < -0.4 is 0 Å². The molecule has 0 aliphatic rings. The number of pyridine rings is 1. The van der Waals surface area contributed by atoms with Gasteiger partial charge >= 0.3 is 0 Å². The largest absolute Gasteiger partial charge is 0.284 e. The molecule has 0 radical (unpaired) electrons. The molecule has 2 aromatic heterocycles. The van der Waals surface area contributed by atoms with Gasteiger partial charge in [-0.05, 0) is 36.4 Å². The van der Waals surface area contributed by atoms with Crippen LogP contribution in [0.5, 0.6) is 0 Å². The van der Waals surface area contributed by atoms with Gasteiger partial charge in [-0.1, -0.05) is 78.4 Å². The topological polar surface area (TPSA) is 29.7 Å². The van der Waals surface area contributed by atoms with Gasteiger partial charge in [0, 0.05) is 23.4 Å². The smallest absolute Gasteiger partial charge is 0.165 e. The predicted octanol–water partition coefficient (Wildman–Crippen LogP) is 6.52. The van der Waals surface area contributed by atoms with E-state index in [1.54, 1.807) is 0 Å². The van der Waals surface area contributed by atoms with Crippen molar-refractivity contribution in [3.63, 3.8) is 0 Å². The number of benzene rings is 3. The highest BCUT2D eigenvalue weighted by atomic mass is 15.1. The van der Waals surface area contributed by atoms with Crippen LogP contribution in [0.4, 0.5) is 5.82 Å². The van der Waals surface area contributed by atoms with E-state index in [4.69, 9.17) is 9.98 Å². The maximum atomic E-state index is 5.05. The second-order valence-corrected chi connectivity index (χ2v) is 7.36. The first-order chi connectivity index (χ1) is 14.2. The summed E-state index contributed by atoms with van der Waals surface area (Å²) < 4.78 is 2.09. The summed E-state index contributed by atoms with van der Waals surface area (Å²) >= 11 is 0. The Morgan fingerprint density at radius 2 is 1.59 bits per heavy atom. The Labute approximate surface area is 170 Å². The minimum Gasteiger partial charge on any atom is -0.284 e. The Morgan fingerprint density at radius 1 is 0.828 bits per heavy atom. The molecule has 3 aromatic carbocycles. The van der Waals surface area contributed by atoms with Gasteiger partial charge in [0.15, 0.2) is 5.82 Å². The molecule has 0 saturated carbocycles. The van der Waals surface area contributed by atoms with Gasteiger partial charge < -0.3 is 0 Å². The Kier molecular flexibility index (Phi) is 4.21. The zero-order valence-corrected chi connectivity index (χ0v) is 16.5. The molecule has 0 spiro atoms. The summed E-state index contributed by atoms with van der Waals surface area (Å²) in [6.45, 7) is 4.21. The summed E-state index contributed by atoms with van der Waals surface area (Å²) in [7, 11) is 0. The fraction of sp³-hybridized carbons (Fsp3) is 0.0769. The molecule has 0 saturated heterocycles. The lowest BCUT2D eigenvalue weighted by atomic mass is 10.1. The van der Waals surface area contributed by atoms with Crippen molar-refractivity contribution in [3.8, 4) is 11.3 Å². The zero-order chi connectivity index (χ0) is 19.8. The van der Waals surface area contributed by atoms with Crippen LogP contribution >= 0.6 is 0 Å². The second-order valence-electron chi connectivity index (χ2n) is 7.36. The van der Waals surface area contributed by atoms with Crippen molar-refractivity contribution >= 4 is 28.5 Å². The number of hydrogen-bond acceptors (Lipinski definition) is 2. The molecule has 5 rings (SSSR count). The van der Waals surface area contributed by atoms with Gasteiger partial charge in [-0.25, -0.2) is 9.98 Å². The molecular weight excluding hydrogens is 354 g/mol. The fourth-order valence-corrected chi connectivity index (χ4v) is 3.69. The Morgan fingerprint density at radius 3 is 2.41 bits per heavy atom. The first-order valence-electron chi connectivity index (χ1n) is 9.77. The van der Waals surface area contributed by atoms with Gasteiger partial charge in [-0.15, -0.1) is 0 Å². The Hall–Kier alpha value is -3.72. The molecule has 0 aliphatic carbocycles. The average Bonchev–Trinajstić information content (AvgIpc) is 3.12. The molecule has 0 fully saturated rings. The van der Waals surface area contributed by atoms with E-state index in [2.05, 4.69) is 103 Å². The Bertz CT molecular complexity index is 1360. The van der Waals surface area contributed by atoms with Crippen LogP contribution in [-0.2, 0) is 0 Å². The van der Waals surface area contributed by atoms with Gasteiger partial charge in [0.2, 0.25) is 0 Å². The number of nitrogens with zero attached hydrogens (tertiary/aromatic N) is 3. The maximum Gasteiger partial charge on any atom is 0.165 e. The van der Waals surface area contributed by atoms with Gasteiger partial charge in [0.05, 0.1) is 0 Å². The summed E-state index contributed by atoms with van der Waals surface area (Å²) in [6.07, 6.45) is 3.98. The highest BCUT2D eigenvalue weighted by Crippen LogP contribution is 2.35. The molecule has 0 bridgehead atoms. The van der Waals surface area contributed by atoms with E-state index in [0.29, 0.717) is 0 Å². The lowest BCUT2D eigenvalue weighted by molar-refractivity contribution is 1.18. The number of aryl methyl sites for hydroxylation is 2. The summed E-state index contributed by atoms with van der Waals surface area (Å²) in [5.74, 6) is 0.848. The summed E-state index contributed by atoms with van der Waals surface area (Å²) in [5.41, 5.74) is 6.44. The van der Waals surface area contributed by atoms with Crippen molar-refractivity contribution < 1.29 is 0 Å². The van der Waals surface area contributed by atoms with Crippen molar-refractivity contribution in [2.75, 3.05) is 0 Å². The zero-order valence-electron chi connectivity index (χ0n) is 16.5. The number of aromatic nitrogens is 2. The van der Waals surface area contributed by atoms with E-state index < -0.39 is 0 Å². The molecule has 2 heterocycles. The van der Waals surface area contributed by atoms with Crippen LogP contribution in [0.2, 0.25) is 0 Å². The van der Waals surface area contributed by atoms with Gasteiger partial charge in [-0.2, -0.15) is 0 Å². The van der Waals surface area contributed by atoms with E-state index in [-0.39, 0.29) is 0 Å². The van der Waals surface area contributed by atoms with Gasteiger partial charge in [0.25, 0.3) is 0 Å². The molecule has 3 heteroatoms. The van der Waals surface area contributed by atoms with Crippen molar-refractivity contribution in [2.45, 2.75) is 13.8 Å². The van der Waals surface area contributed by atoms with Crippen molar-refractivity contribution in [3.05, 3.63) is 102 Å². The molecule has 3 nitrogen and oxygen atoms in total. The van der Waals surface area contributed by atoms with Crippen LogP contribution in [0.3, 0.4) is 0 Å². The number of hydrogen-bond donors (Lipinski definition) is 0. The average molecular weight is 375 g/mol. The van der Waals surface area contributed by atoms with Crippen molar-refractivity contribution in [1.82, 2.24) is 9.38 Å². The van der Waals surface area contributed by atoms with Crippen LogP contribution in [0, 0.1) is 13.8 Å². The lowest BCUT2D eigenvalue weighted by Crippen LogP contribution is -1.87. The Balaban J connectivity index is 1.77. The predicted molar refractivity (Wildman–Crippen MR) is 121 cm³/mol. The molecule has 0 unspecified atom stereocenters. The number of imidazole rings is 1. The summed E-state index contributed by atoms with van der Waals surface area (Å²) in [6, 6.07) is 27.2. The summed E-state index contributed by atoms with van der Waals surface area (Å²) in [5, 5.41) is 2.30.